The highest BCUT2D eigenvalue weighted by molar-refractivity contribution is 7.92. The first kappa shape index (κ1) is 15.8. The standard InChI is InChI=1S/C13H12ClNO4S2/c1-7-3-4-9(14)5-10(7)21(18,19)15-11-8(2)6-20-12(11)13(16)17/h3-6,15H,1-2H3,(H,16,17). The molecule has 2 N–H and O–H groups in total. The van der Waals surface area contributed by atoms with E-state index in [0.717, 1.165) is 11.3 Å². The summed E-state index contributed by atoms with van der Waals surface area (Å²) in [6.07, 6.45) is 0. The molecule has 0 saturated heterocycles. The van der Waals surface area contributed by atoms with Gasteiger partial charge in [0, 0.05) is 5.02 Å². The first-order valence-corrected chi connectivity index (χ1v) is 8.57. The molecule has 0 fully saturated rings. The van der Waals surface area contributed by atoms with E-state index < -0.39 is 16.0 Å². The molecule has 8 heteroatoms. The van der Waals surface area contributed by atoms with Gasteiger partial charge >= 0.3 is 5.97 Å². The van der Waals surface area contributed by atoms with Gasteiger partial charge in [0.1, 0.15) is 4.88 Å². The second-order valence-corrected chi connectivity index (χ2v) is 7.41. The summed E-state index contributed by atoms with van der Waals surface area (Å²) < 4.78 is 27.2. The summed E-state index contributed by atoms with van der Waals surface area (Å²) >= 11 is 6.81. The molecule has 2 aromatic rings. The van der Waals surface area contributed by atoms with Crippen LogP contribution in [0.25, 0.3) is 0 Å². The Morgan fingerprint density at radius 1 is 1.29 bits per heavy atom. The lowest BCUT2D eigenvalue weighted by atomic mass is 10.2. The van der Waals surface area contributed by atoms with Gasteiger partial charge in [-0.1, -0.05) is 17.7 Å². The summed E-state index contributed by atoms with van der Waals surface area (Å²) in [6.45, 7) is 3.29. The molecule has 0 saturated carbocycles. The average Bonchev–Trinajstić information content (AvgIpc) is 2.73. The van der Waals surface area contributed by atoms with Crippen molar-refractivity contribution in [1.82, 2.24) is 0 Å². The molecule has 0 amide bonds. The summed E-state index contributed by atoms with van der Waals surface area (Å²) in [5.74, 6) is -1.17. The number of carboxylic acids is 1. The highest BCUT2D eigenvalue weighted by atomic mass is 35.5. The van der Waals surface area contributed by atoms with Crippen molar-refractivity contribution < 1.29 is 18.3 Å². The van der Waals surface area contributed by atoms with Crippen molar-refractivity contribution in [3.05, 3.63) is 44.6 Å². The molecule has 0 radical (unpaired) electrons. The maximum absolute atomic E-state index is 12.4. The van der Waals surface area contributed by atoms with E-state index in [9.17, 15) is 13.2 Å². The highest BCUT2D eigenvalue weighted by Crippen LogP contribution is 2.31. The fourth-order valence-corrected chi connectivity index (χ4v) is 4.34. The van der Waals surface area contributed by atoms with Gasteiger partial charge in [-0.05, 0) is 42.5 Å². The number of carboxylic acid groups (broad SMARTS) is 1. The predicted molar refractivity (Wildman–Crippen MR) is 83.0 cm³/mol. The smallest absolute Gasteiger partial charge is 0.348 e. The van der Waals surface area contributed by atoms with Crippen LogP contribution in [0.15, 0.2) is 28.5 Å². The molecular formula is C13H12ClNO4S2. The van der Waals surface area contributed by atoms with E-state index in [4.69, 9.17) is 16.7 Å². The molecule has 1 aromatic heterocycles. The van der Waals surface area contributed by atoms with Gasteiger partial charge in [0.25, 0.3) is 10.0 Å². The van der Waals surface area contributed by atoms with Gasteiger partial charge in [0.15, 0.2) is 0 Å². The van der Waals surface area contributed by atoms with Crippen LogP contribution in [0, 0.1) is 13.8 Å². The second-order valence-electron chi connectivity index (χ2n) is 4.44. The van der Waals surface area contributed by atoms with Crippen molar-refractivity contribution in [2.75, 3.05) is 4.72 Å². The molecule has 0 aliphatic rings. The van der Waals surface area contributed by atoms with Gasteiger partial charge in [0.2, 0.25) is 0 Å². The molecule has 0 atom stereocenters. The van der Waals surface area contributed by atoms with Gasteiger partial charge < -0.3 is 5.11 Å². The van der Waals surface area contributed by atoms with Crippen LogP contribution < -0.4 is 4.72 Å². The maximum atomic E-state index is 12.4. The molecule has 0 spiro atoms. The number of carbonyl (C=O) groups is 1. The lowest BCUT2D eigenvalue weighted by Gasteiger charge is -2.11. The van der Waals surface area contributed by atoms with Gasteiger partial charge in [-0.2, -0.15) is 0 Å². The van der Waals surface area contributed by atoms with E-state index in [0.29, 0.717) is 16.1 Å². The number of halogens is 1. The third-order valence-electron chi connectivity index (χ3n) is 2.85. The Bertz CT molecular complexity index is 812. The SMILES string of the molecule is Cc1ccc(Cl)cc1S(=O)(=O)Nc1c(C)csc1C(=O)O. The van der Waals surface area contributed by atoms with Crippen LogP contribution in [0.1, 0.15) is 20.8 Å². The van der Waals surface area contributed by atoms with Crippen molar-refractivity contribution in [3.63, 3.8) is 0 Å². The molecule has 2 rings (SSSR count). The summed E-state index contributed by atoms with van der Waals surface area (Å²) in [5, 5.41) is 11.0. The summed E-state index contributed by atoms with van der Waals surface area (Å²) in [4.78, 5) is 11.1. The molecule has 1 heterocycles. The number of hydrogen-bond acceptors (Lipinski definition) is 4. The minimum absolute atomic E-state index is 0.0249. The number of hydrogen-bond donors (Lipinski definition) is 2. The number of thiophene rings is 1. The summed E-state index contributed by atoms with van der Waals surface area (Å²) in [6, 6.07) is 4.52. The first-order chi connectivity index (χ1) is 9.72. The number of benzene rings is 1. The molecule has 1 aromatic carbocycles. The fraction of sp³-hybridized carbons (Fsp3) is 0.154. The number of anilines is 1. The van der Waals surface area contributed by atoms with E-state index in [1.165, 1.54) is 6.07 Å². The number of aromatic carboxylic acids is 1. The zero-order valence-corrected chi connectivity index (χ0v) is 13.6. The quantitative estimate of drug-likeness (QED) is 0.888. The Labute approximate surface area is 131 Å². The molecular weight excluding hydrogens is 334 g/mol. The summed E-state index contributed by atoms with van der Waals surface area (Å²) in [5.41, 5.74) is 1.17. The molecule has 5 nitrogen and oxygen atoms in total. The van der Waals surface area contributed by atoms with Crippen LogP contribution in [0.2, 0.25) is 5.02 Å². The van der Waals surface area contributed by atoms with Crippen LogP contribution >= 0.6 is 22.9 Å². The van der Waals surface area contributed by atoms with Crippen LogP contribution in [-0.4, -0.2) is 19.5 Å². The largest absolute Gasteiger partial charge is 0.477 e. The monoisotopic (exact) mass is 345 g/mol. The molecule has 0 unspecified atom stereocenters. The van der Waals surface area contributed by atoms with Gasteiger partial charge in [0.05, 0.1) is 10.6 Å². The number of sulfonamides is 1. The zero-order valence-electron chi connectivity index (χ0n) is 11.2. The van der Waals surface area contributed by atoms with Crippen LogP contribution in [0.4, 0.5) is 5.69 Å². The minimum Gasteiger partial charge on any atom is -0.477 e. The molecule has 0 bridgehead atoms. The minimum atomic E-state index is -3.91. The zero-order chi connectivity index (χ0) is 15.8. The van der Waals surface area contributed by atoms with Crippen LogP contribution in [0.3, 0.4) is 0 Å². The van der Waals surface area contributed by atoms with E-state index in [1.54, 1.807) is 31.4 Å². The van der Waals surface area contributed by atoms with Crippen molar-refractivity contribution in [2.45, 2.75) is 18.7 Å². The summed E-state index contributed by atoms with van der Waals surface area (Å²) in [7, 11) is -3.91. The second kappa shape index (κ2) is 5.67. The van der Waals surface area contributed by atoms with Crippen molar-refractivity contribution >= 4 is 44.6 Å². The Balaban J connectivity index is 2.50. The van der Waals surface area contributed by atoms with E-state index in [-0.39, 0.29) is 15.5 Å². The van der Waals surface area contributed by atoms with Crippen LogP contribution in [0.5, 0.6) is 0 Å². The molecule has 0 aliphatic carbocycles. The average molecular weight is 346 g/mol. The van der Waals surface area contributed by atoms with E-state index in [1.807, 2.05) is 0 Å². The molecule has 21 heavy (non-hydrogen) atoms. The fourth-order valence-electron chi connectivity index (χ4n) is 1.78. The van der Waals surface area contributed by atoms with Crippen molar-refractivity contribution in [2.24, 2.45) is 0 Å². The topological polar surface area (TPSA) is 83.5 Å². The Kier molecular flexibility index (Phi) is 4.27. The van der Waals surface area contributed by atoms with Crippen molar-refractivity contribution in [3.8, 4) is 0 Å². The molecule has 0 aliphatic heterocycles. The van der Waals surface area contributed by atoms with Gasteiger partial charge in [-0.3, -0.25) is 4.72 Å². The Morgan fingerprint density at radius 2 is 1.95 bits per heavy atom. The van der Waals surface area contributed by atoms with E-state index >= 15 is 0 Å². The maximum Gasteiger partial charge on any atom is 0.348 e. The van der Waals surface area contributed by atoms with Gasteiger partial charge in [-0.15, -0.1) is 11.3 Å². The predicted octanol–water partition coefficient (Wildman–Crippen LogP) is 3.52. The van der Waals surface area contributed by atoms with Crippen molar-refractivity contribution in [1.29, 1.82) is 0 Å². The number of rotatable bonds is 4. The normalized spacial score (nSPS) is 11.4. The lowest BCUT2D eigenvalue weighted by Crippen LogP contribution is -2.16. The Hall–Kier alpha value is -1.57. The first-order valence-electron chi connectivity index (χ1n) is 5.82. The van der Waals surface area contributed by atoms with Gasteiger partial charge in [-0.25, -0.2) is 13.2 Å². The third kappa shape index (κ3) is 3.20. The Morgan fingerprint density at radius 3 is 2.57 bits per heavy atom. The highest BCUT2D eigenvalue weighted by Gasteiger charge is 2.23. The third-order valence-corrected chi connectivity index (χ3v) is 5.66. The lowest BCUT2D eigenvalue weighted by molar-refractivity contribution is 0.0703. The number of aryl methyl sites for hydroxylation is 2. The van der Waals surface area contributed by atoms with E-state index in [2.05, 4.69) is 4.72 Å². The van der Waals surface area contributed by atoms with Crippen LogP contribution in [-0.2, 0) is 10.0 Å². The number of nitrogens with one attached hydrogen (secondary N) is 1. The molecule has 112 valence electrons.